The van der Waals surface area contributed by atoms with Crippen molar-refractivity contribution in [3.8, 4) is 5.75 Å². The molecular weight excluding hydrogens is 352 g/mol. The fraction of sp³-hybridized carbons (Fsp3) is 0.579. The summed E-state index contributed by atoms with van der Waals surface area (Å²) in [6, 6.07) is 8.29. The average molecular weight is 382 g/mol. The molecule has 8 heteroatoms. The van der Waals surface area contributed by atoms with Crippen molar-refractivity contribution in [1.82, 2.24) is 9.80 Å². The van der Waals surface area contributed by atoms with Crippen LogP contribution in [0.5, 0.6) is 5.75 Å². The van der Waals surface area contributed by atoms with E-state index < -0.39 is 11.9 Å². The summed E-state index contributed by atoms with van der Waals surface area (Å²) in [4.78, 5) is 23.0. The van der Waals surface area contributed by atoms with E-state index in [0.29, 0.717) is 13.2 Å². The van der Waals surface area contributed by atoms with Gasteiger partial charge in [0.2, 0.25) is 0 Å². The predicted molar refractivity (Wildman–Crippen MR) is 101 cm³/mol. The van der Waals surface area contributed by atoms with Crippen LogP contribution in [0.25, 0.3) is 0 Å². The molecule has 0 spiro atoms. The molecule has 0 saturated carbocycles. The number of ether oxygens (including phenoxy) is 2. The van der Waals surface area contributed by atoms with E-state index >= 15 is 0 Å². The van der Waals surface area contributed by atoms with Gasteiger partial charge in [0.25, 0.3) is 0 Å². The highest BCUT2D eigenvalue weighted by Gasteiger charge is 2.12. The minimum absolute atomic E-state index is 0.619. The maximum atomic E-state index is 9.10. The third kappa shape index (κ3) is 10.5. The van der Waals surface area contributed by atoms with Gasteiger partial charge in [0.1, 0.15) is 12.4 Å². The molecule has 152 valence electrons. The molecule has 0 atom stereocenters. The van der Waals surface area contributed by atoms with E-state index in [-0.39, 0.29) is 0 Å². The van der Waals surface area contributed by atoms with Gasteiger partial charge in [0, 0.05) is 32.7 Å². The monoisotopic (exact) mass is 382 g/mol. The van der Waals surface area contributed by atoms with Gasteiger partial charge in [-0.15, -0.1) is 0 Å². The van der Waals surface area contributed by atoms with E-state index in [0.717, 1.165) is 51.5 Å². The summed E-state index contributed by atoms with van der Waals surface area (Å²) < 4.78 is 11.3. The lowest BCUT2D eigenvalue weighted by molar-refractivity contribution is -0.159. The first-order valence-electron chi connectivity index (χ1n) is 9.09. The Morgan fingerprint density at radius 3 is 2.07 bits per heavy atom. The molecule has 2 rings (SSSR count). The summed E-state index contributed by atoms with van der Waals surface area (Å²) in [6.45, 7) is 9.89. The van der Waals surface area contributed by atoms with Crippen LogP contribution in [0.4, 0.5) is 0 Å². The van der Waals surface area contributed by atoms with Gasteiger partial charge >= 0.3 is 11.9 Å². The molecule has 0 amide bonds. The number of hydrogen-bond acceptors (Lipinski definition) is 6. The third-order valence-corrected chi connectivity index (χ3v) is 4.16. The van der Waals surface area contributed by atoms with Crippen LogP contribution in [0, 0.1) is 0 Å². The predicted octanol–water partition coefficient (Wildman–Crippen LogP) is 1.05. The highest BCUT2D eigenvalue weighted by atomic mass is 16.5. The van der Waals surface area contributed by atoms with Crippen molar-refractivity contribution in [2.24, 2.45) is 0 Å². The quantitative estimate of drug-likeness (QED) is 0.508. The molecule has 0 aromatic heterocycles. The fourth-order valence-corrected chi connectivity index (χ4v) is 2.41. The summed E-state index contributed by atoms with van der Waals surface area (Å²) in [5.41, 5.74) is 1.34. The number of benzene rings is 1. The highest BCUT2D eigenvalue weighted by molar-refractivity contribution is 6.27. The Morgan fingerprint density at radius 1 is 0.963 bits per heavy atom. The average Bonchev–Trinajstić information content (AvgIpc) is 2.67. The molecule has 0 unspecified atom stereocenters. The third-order valence-electron chi connectivity index (χ3n) is 4.16. The smallest absolute Gasteiger partial charge is 0.414 e. The number of hydrogen-bond donors (Lipinski definition) is 2. The summed E-state index contributed by atoms with van der Waals surface area (Å²) in [6.07, 6.45) is 1.07. The molecule has 8 nitrogen and oxygen atoms in total. The van der Waals surface area contributed by atoms with Gasteiger partial charge in [0.15, 0.2) is 0 Å². The molecular formula is C19H30N2O6. The molecule has 1 saturated heterocycles. The van der Waals surface area contributed by atoms with Gasteiger partial charge < -0.3 is 24.6 Å². The molecule has 1 aliphatic rings. The maximum absolute atomic E-state index is 9.10. The number of piperazine rings is 1. The molecule has 1 aliphatic heterocycles. The summed E-state index contributed by atoms with van der Waals surface area (Å²) >= 11 is 0. The van der Waals surface area contributed by atoms with Gasteiger partial charge in [-0.3, -0.25) is 4.90 Å². The van der Waals surface area contributed by atoms with Crippen molar-refractivity contribution >= 4 is 11.9 Å². The molecule has 1 aromatic carbocycles. The maximum Gasteiger partial charge on any atom is 0.414 e. The van der Waals surface area contributed by atoms with Crippen LogP contribution >= 0.6 is 0 Å². The van der Waals surface area contributed by atoms with Crippen molar-refractivity contribution in [2.45, 2.75) is 13.3 Å². The largest absolute Gasteiger partial charge is 0.491 e. The molecule has 0 aliphatic carbocycles. The van der Waals surface area contributed by atoms with Crippen LogP contribution in [0.15, 0.2) is 24.3 Å². The normalized spacial score (nSPS) is 14.9. The van der Waals surface area contributed by atoms with Gasteiger partial charge in [-0.05, 0) is 31.2 Å². The minimum atomic E-state index is -1.82. The molecule has 0 radical (unpaired) electrons. The summed E-state index contributed by atoms with van der Waals surface area (Å²) in [5, 5.41) is 14.8. The number of rotatable bonds is 8. The van der Waals surface area contributed by atoms with Crippen LogP contribution in [0.1, 0.15) is 12.5 Å². The topological polar surface area (TPSA) is 99.5 Å². The van der Waals surface area contributed by atoms with Crippen molar-refractivity contribution in [3.63, 3.8) is 0 Å². The van der Waals surface area contributed by atoms with E-state index in [1.807, 2.05) is 12.1 Å². The number of aliphatic carboxylic acids is 2. The van der Waals surface area contributed by atoms with Crippen molar-refractivity contribution in [3.05, 3.63) is 29.8 Å². The first-order chi connectivity index (χ1) is 12.9. The Balaban J connectivity index is 0.000000527. The van der Waals surface area contributed by atoms with Gasteiger partial charge in [-0.1, -0.05) is 19.1 Å². The fourth-order valence-electron chi connectivity index (χ4n) is 2.41. The van der Waals surface area contributed by atoms with Gasteiger partial charge in [-0.2, -0.15) is 0 Å². The number of carbonyl (C=O) groups is 2. The number of carboxylic acids is 2. The molecule has 2 N–H and O–H groups in total. The molecule has 0 bridgehead atoms. The van der Waals surface area contributed by atoms with Crippen molar-refractivity contribution < 1.29 is 29.3 Å². The Bertz CT molecular complexity index is 544. The van der Waals surface area contributed by atoms with E-state index in [4.69, 9.17) is 29.3 Å². The summed E-state index contributed by atoms with van der Waals surface area (Å²) in [5.74, 6) is -2.72. The Morgan fingerprint density at radius 2 is 1.56 bits per heavy atom. The molecule has 1 fully saturated rings. The van der Waals surface area contributed by atoms with E-state index in [2.05, 4.69) is 35.9 Å². The minimum Gasteiger partial charge on any atom is -0.491 e. The first-order valence-corrected chi connectivity index (χ1v) is 9.09. The standard InChI is InChI=1S/C17H28N2O2.C2H2O4/c1-3-16-4-6-17(7-5-16)21-15-14-20-13-12-19-10-8-18(2)9-11-19;3-1(4)2(5)6/h4-7H,3,8-15H2,1-2H3;(H,3,4)(H,5,6). The first kappa shape index (κ1) is 22.9. The Kier molecular flexibility index (Phi) is 11.1. The zero-order valence-electron chi connectivity index (χ0n) is 16.1. The van der Waals surface area contributed by atoms with Gasteiger partial charge in [0.05, 0.1) is 13.2 Å². The van der Waals surface area contributed by atoms with Crippen molar-refractivity contribution in [2.75, 3.05) is 59.6 Å². The van der Waals surface area contributed by atoms with E-state index in [1.165, 1.54) is 5.56 Å². The van der Waals surface area contributed by atoms with Crippen LogP contribution in [-0.2, 0) is 20.7 Å². The second-order valence-electron chi connectivity index (χ2n) is 6.21. The molecule has 1 aromatic rings. The second-order valence-corrected chi connectivity index (χ2v) is 6.21. The number of nitrogens with zero attached hydrogens (tertiary/aromatic N) is 2. The van der Waals surface area contributed by atoms with Crippen molar-refractivity contribution in [1.29, 1.82) is 0 Å². The van der Waals surface area contributed by atoms with E-state index in [9.17, 15) is 0 Å². The Hall–Kier alpha value is -2.16. The molecule has 1 heterocycles. The van der Waals surface area contributed by atoms with Gasteiger partial charge in [-0.25, -0.2) is 9.59 Å². The zero-order valence-corrected chi connectivity index (χ0v) is 16.1. The lowest BCUT2D eigenvalue weighted by atomic mass is 10.2. The zero-order chi connectivity index (χ0) is 20.1. The molecule has 27 heavy (non-hydrogen) atoms. The second kappa shape index (κ2) is 13.1. The van der Waals surface area contributed by atoms with Crippen LogP contribution in [0.2, 0.25) is 0 Å². The number of likely N-dealkylation sites (N-methyl/N-ethyl adjacent to an activating group) is 1. The number of carboxylic acid groups (broad SMARTS) is 2. The summed E-state index contributed by atoms with van der Waals surface area (Å²) in [7, 11) is 2.18. The Labute approximate surface area is 160 Å². The highest BCUT2D eigenvalue weighted by Crippen LogP contribution is 2.12. The lowest BCUT2D eigenvalue weighted by Gasteiger charge is -2.32. The number of aryl methyl sites for hydroxylation is 1. The van der Waals surface area contributed by atoms with Crippen LogP contribution in [-0.4, -0.2) is 91.5 Å². The lowest BCUT2D eigenvalue weighted by Crippen LogP contribution is -2.45. The van der Waals surface area contributed by atoms with E-state index in [1.54, 1.807) is 0 Å². The SMILES string of the molecule is CCc1ccc(OCCOCCN2CCN(C)CC2)cc1.O=C(O)C(=O)O. The van der Waals surface area contributed by atoms with Crippen LogP contribution in [0.3, 0.4) is 0 Å². The van der Waals surface area contributed by atoms with Crippen LogP contribution < -0.4 is 4.74 Å².